The SMILES string of the molecule is CN(Cc1ccccc1C(N)=O)c1ccccc1-c1ccccc1. The van der Waals surface area contributed by atoms with E-state index in [0.717, 1.165) is 16.8 Å². The third kappa shape index (κ3) is 3.30. The normalized spacial score (nSPS) is 10.4. The Morgan fingerprint density at radius 3 is 2.25 bits per heavy atom. The standard InChI is InChI=1S/C21H20N2O/c1-23(15-17-11-5-6-13-19(17)21(22)24)20-14-8-7-12-18(20)16-9-3-2-4-10-16/h2-14H,15H2,1H3,(H2,22,24). The molecule has 0 aliphatic carbocycles. The quantitative estimate of drug-likeness (QED) is 0.770. The number of hydrogen-bond donors (Lipinski definition) is 1. The molecule has 0 atom stereocenters. The Morgan fingerprint density at radius 1 is 0.875 bits per heavy atom. The summed E-state index contributed by atoms with van der Waals surface area (Å²) in [5.41, 5.74) is 10.4. The van der Waals surface area contributed by atoms with Gasteiger partial charge in [0.25, 0.3) is 0 Å². The number of amides is 1. The van der Waals surface area contributed by atoms with Crippen molar-refractivity contribution in [2.45, 2.75) is 6.54 Å². The minimum Gasteiger partial charge on any atom is -0.370 e. The zero-order valence-electron chi connectivity index (χ0n) is 13.6. The zero-order valence-corrected chi connectivity index (χ0v) is 13.6. The number of nitrogens with two attached hydrogens (primary N) is 1. The summed E-state index contributed by atoms with van der Waals surface area (Å²) in [6.07, 6.45) is 0. The number of anilines is 1. The first-order valence-corrected chi connectivity index (χ1v) is 7.90. The van der Waals surface area contributed by atoms with Crippen LogP contribution < -0.4 is 10.6 Å². The zero-order chi connectivity index (χ0) is 16.9. The van der Waals surface area contributed by atoms with Crippen LogP contribution in [0.1, 0.15) is 15.9 Å². The number of benzene rings is 3. The summed E-state index contributed by atoms with van der Waals surface area (Å²) in [7, 11) is 2.03. The van der Waals surface area contributed by atoms with E-state index in [0.29, 0.717) is 12.1 Å². The molecule has 0 saturated carbocycles. The molecule has 0 aliphatic rings. The molecule has 120 valence electrons. The maximum atomic E-state index is 11.6. The van der Waals surface area contributed by atoms with Crippen molar-refractivity contribution in [1.82, 2.24) is 0 Å². The minimum atomic E-state index is -0.393. The second-order valence-electron chi connectivity index (χ2n) is 5.76. The van der Waals surface area contributed by atoms with Crippen molar-refractivity contribution in [1.29, 1.82) is 0 Å². The van der Waals surface area contributed by atoms with Crippen molar-refractivity contribution in [3.8, 4) is 11.1 Å². The predicted octanol–water partition coefficient (Wildman–Crippen LogP) is 4.09. The van der Waals surface area contributed by atoms with Crippen molar-refractivity contribution in [2.75, 3.05) is 11.9 Å². The summed E-state index contributed by atoms with van der Waals surface area (Å²) in [5, 5.41) is 0. The lowest BCUT2D eigenvalue weighted by Crippen LogP contribution is -2.21. The molecule has 0 aromatic heterocycles. The summed E-state index contributed by atoms with van der Waals surface area (Å²) in [4.78, 5) is 13.8. The monoisotopic (exact) mass is 316 g/mol. The molecular weight excluding hydrogens is 296 g/mol. The van der Waals surface area contributed by atoms with Gasteiger partial charge in [0, 0.05) is 30.4 Å². The van der Waals surface area contributed by atoms with Gasteiger partial charge in [0.15, 0.2) is 0 Å². The Morgan fingerprint density at radius 2 is 1.50 bits per heavy atom. The molecule has 0 bridgehead atoms. The molecule has 0 fully saturated rings. The van der Waals surface area contributed by atoms with E-state index < -0.39 is 5.91 Å². The molecule has 3 aromatic rings. The predicted molar refractivity (Wildman–Crippen MR) is 98.9 cm³/mol. The van der Waals surface area contributed by atoms with Gasteiger partial charge >= 0.3 is 0 Å². The average molecular weight is 316 g/mol. The highest BCUT2D eigenvalue weighted by atomic mass is 16.1. The summed E-state index contributed by atoms with van der Waals surface area (Å²) >= 11 is 0. The number of nitrogens with zero attached hydrogens (tertiary/aromatic N) is 1. The molecule has 0 aliphatic heterocycles. The van der Waals surface area contributed by atoms with E-state index in [-0.39, 0.29) is 0 Å². The number of carbonyl (C=O) groups excluding carboxylic acids is 1. The summed E-state index contributed by atoms with van der Waals surface area (Å²) < 4.78 is 0. The fraction of sp³-hybridized carbons (Fsp3) is 0.0952. The molecular formula is C21H20N2O. The van der Waals surface area contributed by atoms with Gasteiger partial charge in [0.1, 0.15) is 0 Å². The molecule has 0 heterocycles. The van der Waals surface area contributed by atoms with Gasteiger partial charge in [-0.1, -0.05) is 66.7 Å². The van der Waals surface area contributed by atoms with Gasteiger partial charge in [-0.25, -0.2) is 0 Å². The van der Waals surface area contributed by atoms with E-state index in [2.05, 4.69) is 29.2 Å². The first kappa shape index (κ1) is 15.8. The summed E-state index contributed by atoms with van der Waals surface area (Å²) in [5.74, 6) is -0.393. The van der Waals surface area contributed by atoms with Gasteiger partial charge < -0.3 is 10.6 Å². The molecule has 0 radical (unpaired) electrons. The number of carbonyl (C=O) groups is 1. The Labute approximate surface area is 142 Å². The molecule has 3 nitrogen and oxygen atoms in total. The summed E-state index contributed by atoms with van der Waals surface area (Å²) in [6.45, 7) is 0.614. The topological polar surface area (TPSA) is 46.3 Å². The molecule has 0 spiro atoms. The lowest BCUT2D eigenvalue weighted by atomic mass is 10.0. The van der Waals surface area contributed by atoms with Crippen LogP contribution in [0.5, 0.6) is 0 Å². The second-order valence-corrected chi connectivity index (χ2v) is 5.76. The first-order chi connectivity index (χ1) is 11.7. The van der Waals surface area contributed by atoms with E-state index in [1.54, 1.807) is 6.07 Å². The third-order valence-electron chi connectivity index (χ3n) is 4.09. The van der Waals surface area contributed by atoms with Gasteiger partial charge in [0.2, 0.25) is 5.91 Å². The highest BCUT2D eigenvalue weighted by molar-refractivity contribution is 5.94. The molecule has 1 amide bonds. The maximum Gasteiger partial charge on any atom is 0.249 e. The second kappa shape index (κ2) is 7.01. The number of hydrogen-bond acceptors (Lipinski definition) is 2. The Hall–Kier alpha value is -3.07. The molecule has 2 N–H and O–H groups in total. The lowest BCUT2D eigenvalue weighted by Gasteiger charge is -2.23. The van der Waals surface area contributed by atoms with Crippen LogP contribution in [0.4, 0.5) is 5.69 Å². The first-order valence-electron chi connectivity index (χ1n) is 7.90. The average Bonchev–Trinajstić information content (AvgIpc) is 2.62. The van der Waals surface area contributed by atoms with Gasteiger partial charge in [-0.3, -0.25) is 4.79 Å². The van der Waals surface area contributed by atoms with Crippen LogP contribution in [0.2, 0.25) is 0 Å². The van der Waals surface area contributed by atoms with Gasteiger partial charge in [0.05, 0.1) is 0 Å². The Bertz CT molecular complexity index is 843. The van der Waals surface area contributed by atoms with E-state index >= 15 is 0 Å². The van der Waals surface area contributed by atoms with Crippen LogP contribution in [0.15, 0.2) is 78.9 Å². The smallest absolute Gasteiger partial charge is 0.249 e. The number of para-hydroxylation sites is 1. The third-order valence-corrected chi connectivity index (χ3v) is 4.09. The maximum absolute atomic E-state index is 11.6. The van der Waals surface area contributed by atoms with Crippen molar-refractivity contribution in [2.24, 2.45) is 5.73 Å². The van der Waals surface area contributed by atoms with Crippen molar-refractivity contribution in [3.05, 3.63) is 90.0 Å². The molecule has 0 unspecified atom stereocenters. The Balaban J connectivity index is 1.95. The number of primary amides is 1. The molecule has 24 heavy (non-hydrogen) atoms. The van der Waals surface area contributed by atoms with Crippen LogP contribution in [0.3, 0.4) is 0 Å². The minimum absolute atomic E-state index is 0.393. The Kier molecular flexibility index (Phi) is 4.62. The van der Waals surface area contributed by atoms with Crippen molar-refractivity contribution >= 4 is 11.6 Å². The summed E-state index contributed by atoms with van der Waals surface area (Å²) in [6, 6.07) is 26.0. The highest BCUT2D eigenvalue weighted by Crippen LogP contribution is 2.31. The van der Waals surface area contributed by atoms with Crippen LogP contribution >= 0.6 is 0 Å². The van der Waals surface area contributed by atoms with Gasteiger partial charge in [-0.2, -0.15) is 0 Å². The van der Waals surface area contributed by atoms with Crippen LogP contribution in [-0.2, 0) is 6.54 Å². The van der Waals surface area contributed by atoms with E-state index in [4.69, 9.17) is 5.73 Å². The van der Waals surface area contributed by atoms with Crippen molar-refractivity contribution < 1.29 is 4.79 Å². The molecule has 3 heteroatoms. The molecule has 3 rings (SSSR count). The van der Waals surface area contributed by atoms with Gasteiger partial charge in [-0.05, 0) is 23.3 Å². The number of rotatable bonds is 5. The van der Waals surface area contributed by atoms with Crippen LogP contribution in [0, 0.1) is 0 Å². The van der Waals surface area contributed by atoms with E-state index in [9.17, 15) is 4.79 Å². The van der Waals surface area contributed by atoms with Crippen molar-refractivity contribution in [3.63, 3.8) is 0 Å². The lowest BCUT2D eigenvalue weighted by molar-refractivity contribution is 0.0999. The van der Waals surface area contributed by atoms with Crippen LogP contribution in [-0.4, -0.2) is 13.0 Å². The fourth-order valence-electron chi connectivity index (χ4n) is 2.91. The van der Waals surface area contributed by atoms with Crippen LogP contribution in [0.25, 0.3) is 11.1 Å². The van der Waals surface area contributed by atoms with E-state index in [1.807, 2.05) is 55.6 Å². The highest BCUT2D eigenvalue weighted by Gasteiger charge is 2.12. The van der Waals surface area contributed by atoms with E-state index in [1.165, 1.54) is 5.56 Å². The molecule has 3 aromatic carbocycles. The van der Waals surface area contributed by atoms with Gasteiger partial charge in [-0.15, -0.1) is 0 Å². The largest absolute Gasteiger partial charge is 0.370 e. The molecule has 0 saturated heterocycles. The fourth-order valence-corrected chi connectivity index (χ4v) is 2.91.